The van der Waals surface area contributed by atoms with E-state index in [2.05, 4.69) is 40.9 Å². The van der Waals surface area contributed by atoms with Crippen LogP contribution in [0.2, 0.25) is 0 Å². The molecular weight excluding hydrogens is 290 g/mol. The molecule has 1 aliphatic carbocycles. The highest BCUT2D eigenvalue weighted by molar-refractivity contribution is 9.10. The number of nitrogens with zero attached hydrogens (tertiary/aromatic N) is 3. The summed E-state index contributed by atoms with van der Waals surface area (Å²) in [5.41, 5.74) is 2.08. The number of halogens is 1. The summed E-state index contributed by atoms with van der Waals surface area (Å²) in [7, 11) is 1.97. The second-order valence-electron chi connectivity index (χ2n) is 5.60. The second kappa shape index (κ2) is 5.05. The zero-order chi connectivity index (χ0) is 13.3. The summed E-state index contributed by atoms with van der Waals surface area (Å²) in [5.74, 6) is 0.669. The quantitative estimate of drug-likeness (QED) is 0.855. The third kappa shape index (κ3) is 2.33. The maximum Gasteiger partial charge on any atom is 0.0766 e. The Morgan fingerprint density at radius 2 is 2.33 bits per heavy atom. The van der Waals surface area contributed by atoms with Crippen LogP contribution in [-0.4, -0.2) is 9.78 Å². The van der Waals surface area contributed by atoms with Crippen molar-refractivity contribution in [1.29, 1.82) is 5.26 Å². The predicted octanol–water partition coefficient (Wildman–Crippen LogP) is 3.62. The van der Waals surface area contributed by atoms with Gasteiger partial charge in [-0.2, -0.15) is 10.4 Å². The molecule has 0 amide bonds. The topological polar surface area (TPSA) is 41.6 Å². The molecule has 1 saturated carbocycles. The second-order valence-corrected chi connectivity index (χ2v) is 6.39. The van der Waals surface area contributed by atoms with Gasteiger partial charge in [0.1, 0.15) is 0 Å². The Labute approximate surface area is 117 Å². The summed E-state index contributed by atoms with van der Waals surface area (Å²) >= 11 is 3.65. The van der Waals surface area contributed by atoms with Gasteiger partial charge in [0.2, 0.25) is 0 Å². The molecule has 4 heteroatoms. The number of hydrogen-bond donors (Lipinski definition) is 0. The molecule has 1 heterocycles. The van der Waals surface area contributed by atoms with Crippen LogP contribution in [0.15, 0.2) is 4.47 Å². The fourth-order valence-corrected chi connectivity index (χ4v) is 3.78. The maximum absolute atomic E-state index is 9.55. The molecule has 98 valence electrons. The molecule has 3 nitrogen and oxygen atoms in total. The summed E-state index contributed by atoms with van der Waals surface area (Å²) < 4.78 is 3.03. The van der Waals surface area contributed by atoms with Crippen LogP contribution < -0.4 is 0 Å². The van der Waals surface area contributed by atoms with Crippen LogP contribution in [0.3, 0.4) is 0 Å². The van der Waals surface area contributed by atoms with Gasteiger partial charge in [-0.25, -0.2) is 0 Å². The van der Waals surface area contributed by atoms with Gasteiger partial charge in [-0.3, -0.25) is 4.68 Å². The van der Waals surface area contributed by atoms with E-state index in [4.69, 9.17) is 0 Å². The fourth-order valence-electron chi connectivity index (χ4n) is 3.03. The van der Waals surface area contributed by atoms with Gasteiger partial charge >= 0.3 is 0 Å². The number of hydrogen-bond acceptors (Lipinski definition) is 2. The molecule has 2 rings (SSSR count). The lowest BCUT2D eigenvalue weighted by atomic mass is 9.82. The maximum atomic E-state index is 9.55. The molecule has 0 aliphatic heterocycles. The van der Waals surface area contributed by atoms with E-state index in [0.29, 0.717) is 5.92 Å². The van der Waals surface area contributed by atoms with E-state index in [1.54, 1.807) is 0 Å². The summed E-state index contributed by atoms with van der Waals surface area (Å²) in [6, 6.07) is 2.58. The van der Waals surface area contributed by atoms with Gasteiger partial charge in [0, 0.05) is 13.5 Å². The van der Waals surface area contributed by atoms with E-state index in [-0.39, 0.29) is 5.41 Å². The molecule has 0 N–H and O–H groups in total. The number of nitriles is 1. The van der Waals surface area contributed by atoms with Crippen LogP contribution in [0.4, 0.5) is 0 Å². The molecule has 1 fully saturated rings. The number of aromatic nitrogens is 2. The van der Waals surface area contributed by atoms with Crippen molar-refractivity contribution in [2.45, 2.75) is 46.0 Å². The highest BCUT2D eigenvalue weighted by atomic mass is 79.9. The Morgan fingerprint density at radius 3 is 2.78 bits per heavy atom. The van der Waals surface area contributed by atoms with E-state index >= 15 is 0 Å². The minimum atomic E-state index is -0.180. The molecule has 2 atom stereocenters. The first kappa shape index (κ1) is 13.6. The highest BCUT2D eigenvalue weighted by Crippen LogP contribution is 2.44. The summed E-state index contributed by atoms with van der Waals surface area (Å²) in [5, 5.41) is 14.1. The van der Waals surface area contributed by atoms with Crippen LogP contribution in [0.5, 0.6) is 0 Å². The molecule has 18 heavy (non-hydrogen) atoms. The minimum Gasteiger partial charge on any atom is -0.271 e. The van der Waals surface area contributed by atoms with Crippen LogP contribution in [0, 0.1) is 22.7 Å². The Morgan fingerprint density at radius 1 is 1.61 bits per heavy atom. The Balaban J connectivity index is 2.29. The van der Waals surface area contributed by atoms with Gasteiger partial charge in [0.05, 0.1) is 27.3 Å². The van der Waals surface area contributed by atoms with E-state index < -0.39 is 0 Å². The lowest BCUT2D eigenvalue weighted by molar-refractivity contribution is 0.380. The van der Waals surface area contributed by atoms with Crippen molar-refractivity contribution in [3.8, 4) is 6.07 Å². The van der Waals surface area contributed by atoms with E-state index in [0.717, 1.165) is 35.8 Å². The first-order valence-corrected chi connectivity index (χ1v) is 7.42. The van der Waals surface area contributed by atoms with Crippen LogP contribution in [0.1, 0.15) is 44.5 Å². The average Bonchev–Trinajstić information content (AvgIpc) is 2.85. The van der Waals surface area contributed by atoms with Crippen molar-refractivity contribution < 1.29 is 0 Å². The third-order valence-corrected chi connectivity index (χ3v) is 5.02. The predicted molar refractivity (Wildman–Crippen MR) is 75.1 cm³/mol. The molecule has 1 aliphatic rings. The first-order chi connectivity index (χ1) is 8.51. The first-order valence-electron chi connectivity index (χ1n) is 6.63. The van der Waals surface area contributed by atoms with Crippen molar-refractivity contribution in [3.63, 3.8) is 0 Å². The third-order valence-electron chi connectivity index (χ3n) is 4.10. The Hall–Kier alpha value is -0.820. The Kier molecular flexibility index (Phi) is 3.82. The van der Waals surface area contributed by atoms with Gasteiger partial charge in [0.15, 0.2) is 0 Å². The summed E-state index contributed by atoms with van der Waals surface area (Å²) in [6.45, 7) is 4.35. The highest BCUT2D eigenvalue weighted by Gasteiger charge is 2.39. The van der Waals surface area contributed by atoms with Crippen molar-refractivity contribution in [3.05, 3.63) is 15.9 Å². The van der Waals surface area contributed by atoms with Crippen LogP contribution in [0.25, 0.3) is 0 Å². The van der Waals surface area contributed by atoms with Gasteiger partial charge in [0.25, 0.3) is 0 Å². The molecule has 0 spiro atoms. The molecule has 0 bridgehead atoms. The Bertz CT molecular complexity index is 486. The molecular formula is C14H20BrN3. The molecule has 0 aromatic carbocycles. The zero-order valence-corrected chi connectivity index (χ0v) is 12.9. The summed E-state index contributed by atoms with van der Waals surface area (Å²) in [4.78, 5) is 0. The van der Waals surface area contributed by atoms with Gasteiger partial charge in [-0.05, 0) is 47.5 Å². The largest absolute Gasteiger partial charge is 0.271 e. The molecule has 1 aromatic rings. The molecule has 2 unspecified atom stereocenters. The van der Waals surface area contributed by atoms with Crippen molar-refractivity contribution in [2.75, 3.05) is 0 Å². The van der Waals surface area contributed by atoms with E-state index in [1.807, 2.05) is 11.7 Å². The van der Waals surface area contributed by atoms with E-state index in [9.17, 15) is 5.26 Å². The van der Waals surface area contributed by atoms with Crippen LogP contribution >= 0.6 is 15.9 Å². The zero-order valence-electron chi connectivity index (χ0n) is 11.3. The van der Waals surface area contributed by atoms with E-state index in [1.165, 1.54) is 12.1 Å². The van der Waals surface area contributed by atoms with Gasteiger partial charge < -0.3 is 0 Å². The minimum absolute atomic E-state index is 0.180. The van der Waals surface area contributed by atoms with Crippen LogP contribution in [-0.2, 0) is 19.9 Å². The monoisotopic (exact) mass is 309 g/mol. The van der Waals surface area contributed by atoms with Gasteiger partial charge in [-0.1, -0.05) is 13.8 Å². The molecule has 1 aromatic heterocycles. The van der Waals surface area contributed by atoms with Crippen molar-refractivity contribution >= 4 is 15.9 Å². The number of aryl methyl sites for hydroxylation is 2. The molecule has 0 radical (unpaired) electrons. The molecule has 0 saturated heterocycles. The smallest absolute Gasteiger partial charge is 0.0766 e. The van der Waals surface area contributed by atoms with Gasteiger partial charge in [-0.15, -0.1) is 0 Å². The number of rotatable bonds is 3. The fraction of sp³-hybridized carbons (Fsp3) is 0.714. The SMILES string of the molecule is CCc1nn(C)c(CC2(C#N)CCC(C)C2)c1Br. The lowest BCUT2D eigenvalue weighted by Gasteiger charge is -2.20. The van der Waals surface area contributed by atoms with Crippen molar-refractivity contribution in [1.82, 2.24) is 9.78 Å². The summed E-state index contributed by atoms with van der Waals surface area (Å²) in [6.07, 6.45) is 4.94. The standard InChI is InChI=1S/C14H20BrN3/c1-4-11-13(15)12(18(3)17-11)8-14(9-16)6-5-10(2)7-14/h10H,4-8H2,1-3H3. The normalized spacial score (nSPS) is 27.4. The average molecular weight is 310 g/mol. The lowest BCUT2D eigenvalue weighted by Crippen LogP contribution is -2.20. The van der Waals surface area contributed by atoms with Crippen molar-refractivity contribution in [2.24, 2.45) is 18.4 Å².